The molecule has 0 bridgehead atoms. The second kappa shape index (κ2) is 5.09. The van der Waals surface area contributed by atoms with Crippen LogP contribution < -0.4 is 11.1 Å². The molecule has 1 unspecified atom stereocenters. The molecular weight excluding hydrogens is 238 g/mol. The number of likely N-dealkylation sites (tertiary alicyclic amines) is 1. The van der Waals surface area contributed by atoms with E-state index >= 15 is 0 Å². The van der Waals surface area contributed by atoms with E-state index in [1.807, 2.05) is 12.1 Å². The van der Waals surface area contributed by atoms with Gasteiger partial charge in [-0.3, -0.25) is 5.10 Å². The molecule has 1 aliphatic rings. The summed E-state index contributed by atoms with van der Waals surface area (Å²) in [6.07, 6.45) is 4.38. The summed E-state index contributed by atoms with van der Waals surface area (Å²) in [4.78, 5) is 2.40. The maximum atomic E-state index is 6.07. The molecule has 3 rings (SSSR count). The number of hydrogen-bond donors (Lipinski definition) is 3. The first kappa shape index (κ1) is 12.3. The first-order valence-corrected chi connectivity index (χ1v) is 6.87. The Labute approximate surface area is 113 Å². The van der Waals surface area contributed by atoms with Crippen molar-refractivity contribution in [3.05, 3.63) is 18.3 Å². The minimum Gasteiger partial charge on any atom is -0.397 e. The van der Waals surface area contributed by atoms with Crippen molar-refractivity contribution in [2.24, 2.45) is 5.92 Å². The average molecular weight is 259 g/mol. The van der Waals surface area contributed by atoms with Crippen LogP contribution in [-0.4, -0.2) is 41.8 Å². The Morgan fingerprint density at radius 1 is 1.53 bits per heavy atom. The fourth-order valence-electron chi connectivity index (χ4n) is 2.86. The number of hydrogen-bond acceptors (Lipinski definition) is 4. The highest BCUT2D eigenvalue weighted by Gasteiger charge is 2.17. The number of nitrogens with one attached hydrogen (secondary N) is 2. The third-order valence-corrected chi connectivity index (χ3v) is 3.91. The average Bonchev–Trinajstić information content (AvgIpc) is 2.83. The SMILES string of the molecule is CN1CCCC(CNc2cc3[nH]ncc3cc2N)C1. The van der Waals surface area contributed by atoms with E-state index in [1.54, 1.807) is 6.20 Å². The summed E-state index contributed by atoms with van der Waals surface area (Å²) in [6, 6.07) is 4.01. The molecule has 2 heterocycles. The Balaban J connectivity index is 1.68. The number of aromatic amines is 1. The van der Waals surface area contributed by atoms with Crippen LogP contribution in [0, 0.1) is 5.92 Å². The van der Waals surface area contributed by atoms with E-state index < -0.39 is 0 Å². The van der Waals surface area contributed by atoms with Gasteiger partial charge in [-0.15, -0.1) is 0 Å². The van der Waals surface area contributed by atoms with E-state index in [0.29, 0.717) is 5.92 Å². The molecule has 1 aromatic heterocycles. The lowest BCUT2D eigenvalue weighted by Crippen LogP contribution is -2.35. The predicted octanol–water partition coefficient (Wildman–Crippen LogP) is 1.90. The number of H-pyrrole nitrogens is 1. The van der Waals surface area contributed by atoms with Gasteiger partial charge in [0.05, 0.1) is 23.1 Å². The van der Waals surface area contributed by atoms with Crippen LogP contribution in [0.15, 0.2) is 18.3 Å². The minimum absolute atomic E-state index is 0.704. The van der Waals surface area contributed by atoms with Crippen molar-refractivity contribution in [2.75, 3.05) is 37.7 Å². The highest BCUT2D eigenvalue weighted by molar-refractivity contribution is 5.88. The number of nitrogens with zero attached hydrogens (tertiary/aromatic N) is 2. The number of benzene rings is 1. The van der Waals surface area contributed by atoms with Crippen LogP contribution in [0.2, 0.25) is 0 Å². The molecule has 0 spiro atoms. The van der Waals surface area contributed by atoms with E-state index in [4.69, 9.17) is 5.73 Å². The number of piperidine rings is 1. The van der Waals surface area contributed by atoms with Gasteiger partial charge in [0.15, 0.2) is 0 Å². The molecule has 0 saturated carbocycles. The van der Waals surface area contributed by atoms with Gasteiger partial charge in [0, 0.05) is 18.5 Å². The van der Waals surface area contributed by atoms with E-state index in [1.165, 1.54) is 25.9 Å². The summed E-state index contributed by atoms with van der Waals surface area (Å²) >= 11 is 0. The molecule has 1 fully saturated rings. The van der Waals surface area contributed by atoms with Crippen molar-refractivity contribution in [3.63, 3.8) is 0 Å². The van der Waals surface area contributed by atoms with Gasteiger partial charge in [0.2, 0.25) is 0 Å². The maximum Gasteiger partial charge on any atom is 0.0672 e. The molecule has 2 aromatic rings. The number of anilines is 2. The largest absolute Gasteiger partial charge is 0.397 e. The first-order chi connectivity index (χ1) is 9.22. The Kier molecular flexibility index (Phi) is 3.29. The van der Waals surface area contributed by atoms with Crippen LogP contribution in [0.3, 0.4) is 0 Å². The quantitative estimate of drug-likeness (QED) is 0.736. The zero-order chi connectivity index (χ0) is 13.2. The molecule has 0 radical (unpaired) electrons. The number of aromatic nitrogens is 2. The molecule has 5 nitrogen and oxygen atoms in total. The fraction of sp³-hybridized carbons (Fsp3) is 0.500. The van der Waals surface area contributed by atoms with E-state index in [0.717, 1.165) is 28.8 Å². The summed E-state index contributed by atoms with van der Waals surface area (Å²) in [7, 11) is 2.19. The zero-order valence-corrected chi connectivity index (χ0v) is 11.3. The van der Waals surface area contributed by atoms with Crippen LogP contribution in [0.4, 0.5) is 11.4 Å². The van der Waals surface area contributed by atoms with Gasteiger partial charge in [0.1, 0.15) is 0 Å². The molecule has 19 heavy (non-hydrogen) atoms. The molecule has 1 saturated heterocycles. The lowest BCUT2D eigenvalue weighted by Gasteiger charge is -2.30. The van der Waals surface area contributed by atoms with Gasteiger partial charge in [0.25, 0.3) is 0 Å². The normalized spacial score (nSPS) is 20.8. The van der Waals surface area contributed by atoms with Gasteiger partial charge in [-0.2, -0.15) is 5.10 Å². The van der Waals surface area contributed by atoms with Gasteiger partial charge in [-0.1, -0.05) is 0 Å². The summed E-state index contributed by atoms with van der Waals surface area (Å²) in [5.74, 6) is 0.704. The molecule has 1 atom stereocenters. The van der Waals surface area contributed by atoms with Crippen LogP contribution in [0.5, 0.6) is 0 Å². The third kappa shape index (κ3) is 2.66. The van der Waals surface area contributed by atoms with Crippen LogP contribution in [-0.2, 0) is 0 Å². The van der Waals surface area contributed by atoms with Gasteiger partial charge >= 0.3 is 0 Å². The van der Waals surface area contributed by atoms with E-state index in [2.05, 4.69) is 27.5 Å². The van der Waals surface area contributed by atoms with Crippen molar-refractivity contribution in [3.8, 4) is 0 Å². The van der Waals surface area contributed by atoms with Crippen molar-refractivity contribution in [2.45, 2.75) is 12.8 Å². The zero-order valence-electron chi connectivity index (χ0n) is 11.3. The molecule has 0 amide bonds. The van der Waals surface area contributed by atoms with Gasteiger partial charge < -0.3 is 16.0 Å². The minimum atomic E-state index is 0.704. The van der Waals surface area contributed by atoms with Crippen LogP contribution in [0.1, 0.15) is 12.8 Å². The fourth-order valence-corrected chi connectivity index (χ4v) is 2.86. The second-order valence-electron chi connectivity index (χ2n) is 5.55. The number of nitrogen functional groups attached to an aromatic ring is 1. The Morgan fingerprint density at radius 3 is 3.26 bits per heavy atom. The molecular formula is C14H21N5. The lowest BCUT2D eigenvalue weighted by atomic mass is 9.98. The summed E-state index contributed by atoms with van der Waals surface area (Å²) in [5, 5.41) is 11.5. The second-order valence-corrected chi connectivity index (χ2v) is 5.55. The first-order valence-electron chi connectivity index (χ1n) is 6.87. The summed E-state index contributed by atoms with van der Waals surface area (Å²) in [6.45, 7) is 3.37. The van der Waals surface area contributed by atoms with Gasteiger partial charge in [-0.05, 0) is 44.5 Å². The number of nitrogens with two attached hydrogens (primary N) is 1. The third-order valence-electron chi connectivity index (χ3n) is 3.91. The maximum absolute atomic E-state index is 6.07. The molecule has 5 heteroatoms. The van der Waals surface area contributed by atoms with Crippen LogP contribution in [0.25, 0.3) is 10.9 Å². The van der Waals surface area contributed by atoms with Crippen molar-refractivity contribution in [1.82, 2.24) is 15.1 Å². The van der Waals surface area contributed by atoms with Crippen molar-refractivity contribution >= 4 is 22.3 Å². The highest BCUT2D eigenvalue weighted by Crippen LogP contribution is 2.25. The van der Waals surface area contributed by atoms with Crippen molar-refractivity contribution in [1.29, 1.82) is 0 Å². The van der Waals surface area contributed by atoms with Gasteiger partial charge in [-0.25, -0.2) is 0 Å². The monoisotopic (exact) mass is 259 g/mol. The topological polar surface area (TPSA) is 70.0 Å². The molecule has 1 aromatic carbocycles. The number of rotatable bonds is 3. The highest BCUT2D eigenvalue weighted by atomic mass is 15.1. The van der Waals surface area contributed by atoms with E-state index in [9.17, 15) is 0 Å². The van der Waals surface area contributed by atoms with Crippen LogP contribution >= 0.6 is 0 Å². The standard InChI is InChI=1S/C14H21N5/c1-19-4-2-3-10(9-19)7-16-14-6-13-11(5-12(14)15)8-17-18-13/h5-6,8,10,16H,2-4,7,9,15H2,1H3,(H,17,18). The molecule has 4 N–H and O–H groups in total. The predicted molar refractivity (Wildman–Crippen MR) is 79.2 cm³/mol. The Morgan fingerprint density at radius 2 is 2.42 bits per heavy atom. The number of fused-ring (bicyclic) bond motifs is 1. The lowest BCUT2D eigenvalue weighted by molar-refractivity contribution is 0.217. The Bertz CT molecular complexity index is 562. The summed E-state index contributed by atoms with van der Waals surface area (Å²) < 4.78 is 0. The summed E-state index contributed by atoms with van der Waals surface area (Å²) in [5.41, 5.74) is 8.89. The molecule has 1 aliphatic heterocycles. The molecule has 102 valence electrons. The molecule has 0 aliphatic carbocycles. The smallest absolute Gasteiger partial charge is 0.0672 e. The Hall–Kier alpha value is -1.75. The van der Waals surface area contributed by atoms with Crippen molar-refractivity contribution < 1.29 is 0 Å². The van der Waals surface area contributed by atoms with E-state index in [-0.39, 0.29) is 0 Å².